The van der Waals surface area contributed by atoms with Gasteiger partial charge in [-0.15, -0.1) is 0 Å². The van der Waals surface area contributed by atoms with Gasteiger partial charge in [-0.1, -0.05) is 19.4 Å². The Morgan fingerprint density at radius 1 is 1.33 bits per heavy atom. The molecule has 0 spiro atoms. The van der Waals surface area contributed by atoms with E-state index in [-0.39, 0.29) is 35.3 Å². The summed E-state index contributed by atoms with van der Waals surface area (Å²) in [5, 5.41) is 6.42. The molecule has 0 heterocycles. The van der Waals surface area contributed by atoms with Gasteiger partial charge in [-0.05, 0) is 50.8 Å². The Morgan fingerprint density at radius 3 is 2.67 bits per heavy atom. The molecule has 5 nitrogen and oxygen atoms in total. The molecule has 1 aromatic carbocycles. The van der Waals surface area contributed by atoms with Crippen molar-refractivity contribution in [2.24, 2.45) is 4.99 Å². The van der Waals surface area contributed by atoms with Gasteiger partial charge in [0.05, 0.1) is 11.7 Å². The van der Waals surface area contributed by atoms with Crippen molar-refractivity contribution in [3.05, 3.63) is 29.3 Å². The summed E-state index contributed by atoms with van der Waals surface area (Å²) < 4.78 is 58.2. The predicted molar refractivity (Wildman–Crippen MR) is 115 cm³/mol. The van der Waals surface area contributed by atoms with Crippen LogP contribution in [0.5, 0.6) is 5.75 Å². The zero-order valence-corrected chi connectivity index (χ0v) is 18.8. The summed E-state index contributed by atoms with van der Waals surface area (Å²) in [7, 11) is 0.746. The van der Waals surface area contributed by atoms with Crippen molar-refractivity contribution < 1.29 is 22.1 Å². The molecule has 1 aliphatic rings. The number of ether oxygens (including phenoxy) is 1. The Hall–Kier alpha value is -1.77. The van der Waals surface area contributed by atoms with E-state index >= 15 is 0 Å². The summed E-state index contributed by atoms with van der Waals surface area (Å²) in [6.07, 6.45) is -1.07. The van der Waals surface area contributed by atoms with Crippen LogP contribution in [0, 0.1) is 0 Å². The SMILES string of the molecule is CCS(=O)C1CCCC(NC(=NC)NCc2ccc(OC(C)C)cc2C(F)(F)F)C1. The van der Waals surface area contributed by atoms with Crippen LogP contribution >= 0.6 is 0 Å². The van der Waals surface area contributed by atoms with Gasteiger partial charge in [0, 0.05) is 41.4 Å². The molecule has 9 heteroatoms. The van der Waals surface area contributed by atoms with Crippen molar-refractivity contribution in [1.82, 2.24) is 10.6 Å². The zero-order valence-electron chi connectivity index (χ0n) is 18.0. The number of nitrogens with zero attached hydrogens (tertiary/aromatic N) is 1. The predicted octanol–water partition coefficient (Wildman–Crippen LogP) is 4.24. The summed E-state index contributed by atoms with van der Waals surface area (Å²) in [5.41, 5.74) is -0.602. The number of rotatable bonds is 7. The Kier molecular flexibility index (Phi) is 9.00. The minimum Gasteiger partial charge on any atom is -0.491 e. The maximum Gasteiger partial charge on any atom is 0.416 e. The Bertz CT molecular complexity index is 754. The van der Waals surface area contributed by atoms with E-state index in [0.29, 0.717) is 11.7 Å². The van der Waals surface area contributed by atoms with Gasteiger partial charge < -0.3 is 15.4 Å². The lowest BCUT2D eigenvalue weighted by atomic mass is 9.95. The van der Waals surface area contributed by atoms with E-state index in [1.165, 1.54) is 6.07 Å². The first-order valence-electron chi connectivity index (χ1n) is 10.3. The third kappa shape index (κ3) is 7.18. The highest BCUT2D eigenvalue weighted by Crippen LogP contribution is 2.34. The summed E-state index contributed by atoms with van der Waals surface area (Å²) in [6, 6.07) is 4.13. The molecule has 3 atom stereocenters. The minimum atomic E-state index is -4.48. The number of aliphatic imine (C=N–C) groups is 1. The van der Waals surface area contributed by atoms with Gasteiger partial charge in [-0.25, -0.2) is 0 Å². The van der Waals surface area contributed by atoms with Gasteiger partial charge in [0.2, 0.25) is 0 Å². The number of benzene rings is 1. The van der Waals surface area contributed by atoms with Crippen LogP contribution in [0.25, 0.3) is 0 Å². The van der Waals surface area contributed by atoms with Gasteiger partial charge in [0.25, 0.3) is 0 Å². The molecule has 2 rings (SSSR count). The maximum absolute atomic E-state index is 13.5. The number of alkyl halides is 3. The van der Waals surface area contributed by atoms with Crippen molar-refractivity contribution in [1.29, 1.82) is 0 Å². The summed E-state index contributed by atoms with van der Waals surface area (Å²) in [4.78, 5) is 4.15. The molecule has 1 fully saturated rings. The van der Waals surface area contributed by atoms with Crippen LogP contribution in [0.1, 0.15) is 57.6 Å². The fourth-order valence-corrected chi connectivity index (χ4v) is 4.98. The lowest BCUT2D eigenvalue weighted by molar-refractivity contribution is -0.138. The zero-order chi connectivity index (χ0) is 22.3. The summed E-state index contributed by atoms with van der Waals surface area (Å²) in [5.74, 6) is 1.28. The van der Waals surface area contributed by atoms with Gasteiger partial charge in [-0.2, -0.15) is 13.2 Å². The fraction of sp³-hybridized carbons (Fsp3) is 0.667. The molecule has 0 bridgehead atoms. The molecule has 0 radical (unpaired) electrons. The number of nitrogens with one attached hydrogen (secondary N) is 2. The molecule has 1 saturated carbocycles. The van der Waals surface area contributed by atoms with Crippen LogP contribution in [-0.4, -0.2) is 40.4 Å². The Balaban J connectivity index is 2.04. The average molecular weight is 448 g/mol. The van der Waals surface area contributed by atoms with E-state index in [9.17, 15) is 17.4 Å². The third-order valence-electron chi connectivity index (χ3n) is 5.05. The second kappa shape index (κ2) is 11.0. The quantitative estimate of drug-likeness (QED) is 0.485. The molecule has 2 N–H and O–H groups in total. The van der Waals surface area contributed by atoms with Crippen molar-refractivity contribution in [2.75, 3.05) is 12.8 Å². The molecule has 0 aromatic heterocycles. The van der Waals surface area contributed by atoms with Crippen LogP contribution in [0.15, 0.2) is 23.2 Å². The number of hydrogen-bond donors (Lipinski definition) is 2. The van der Waals surface area contributed by atoms with Crippen molar-refractivity contribution in [3.63, 3.8) is 0 Å². The first-order valence-corrected chi connectivity index (χ1v) is 11.7. The van der Waals surface area contributed by atoms with Crippen molar-refractivity contribution >= 4 is 16.8 Å². The monoisotopic (exact) mass is 447 g/mol. The molecule has 0 amide bonds. The minimum absolute atomic E-state index is 0.0203. The van der Waals surface area contributed by atoms with E-state index in [4.69, 9.17) is 4.74 Å². The highest BCUT2D eigenvalue weighted by molar-refractivity contribution is 7.85. The second-order valence-electron chi connectivity index (χ2n) is 7.71. The van der Waals surface area contributed by atoms with Gasteiger partial charge in [-0.3, -0.25) is 9.20 Å². The molecular weight excluding hydrogens is 415 g/mol. The Labute approximate surface area is 179 Å². The first-order chi connectivity index (χ1) is 14.1. The normalized spacial score (nSPS) is 21.4. The van der Waals surface area contributed by atoms with Crippen molar-refractivity contribution in [3.8, 4) is 5.75 Å². The lowest BCUT2D eigenvalue weighted by Crippen LogP contribution is -2.46. The van der Waals surface area contributed by atoms with Crippen LogP contribution in [-0.2, 0) is 23.5 Å². The molecule has 1 aliphatic carbocycles. The van der Waals surface area contributed by atoms with Gasteiger partial charge in [0.15, 0.2) is 5.96 Å². The van der Waals surface area contributed by atoms with Gasteiger partial charge in [0.1, 0.15) is 5.75 Å². The second-order valence-corrected chi connectivity index (χ2v) is 9.71. The van der Waals surface area contributed by atoms with Crippen LogP contribution in [0.2, 0.25) is 0 Å². The smallest absolute Gasteiger partial charge is 0.416 e. The van der Waals surface area contributed by atoms with Crippen molar-refractivity contribution in [2.45, 2.75) is 76.6 Å². The lowest BCUT2D eigenvalue weighted by Gasteiger charge is -2.30. The Morgan fingerprint density at radius 2 is 2.07 bits per heavy atom. The number of guanidine groups is 1. The standard InChI is InChI=1S/C21H32F3N3O2S/c1-5-30(28)18-8-6-7-16(11-18)27-20(25-4)26-13-15-9-10-17(29-14(2)3)12-19(15)21(22,23)24/h9-10,12,14,16,18H,5-8,11,13H2,1-4H3,(H2,25,26,27). The van der Waals surface area contributed by atoms with E-state index in [2.05, 4.69) is 15.6 Å². The molecule has 3 unspecified atom stereocenters. The van der Waals surface area contributed by atoms with Crippen LogP contribution < -0.4 is 15.4 Å². The fourth-order valence-electron chi connectivity index (χ4n) is 3.64. The van der Waals surface area contributed by atoms with Crippen LogP contribution in [0.3, 0.4) is 0 Å². The largest absolute Gasteiger partial charge is 0.491 e. The van der Waals surface area contributed by atoms with Crippen LogP contribution in [0.4, 0.5) is 13.2 Å². The summed E-state index contributed by atoms with van der Waals surface area (Å²) in [6.45, 7) is 5.44. The first kappa shape index (κ1) is 24.5. The van der Waals surface area contributed by atoms with E-state index < -0.39 is 22.5 Å². The number of halogens is 3. The third-order valence-corrected chi connectivity index (χ3v) is 6.79. The summed E-state index contributed by atoms with van der Waals surface area (Å²) >= 11 is 0. The van der Waals surface area contributed by atoms with E-state index in [1.54, 1.807) is 27.0 Å². The molecule has 0 aliphatic heterocycles. The molecular formula is C21H32F3N3O2S. The van der Waals surface area contributed by atoms with E-state index in [0.717, 1.165) is 31.7 Å². The highest BCUT2D eigenvalue weighted by Gasteiger charge is 2.34. The van der Waals surface area contributed by atoms with Gasteiger partial charge >= 0.3 is 6.18 Å². The molecule has 0 saturated heterocycles. The maximum atomic E-state index is 13.5. The molecule has 1 aromatic rings. The highest BCUT2D eigenvalue weighted by atomic mass is 32.2. The number of hydrogen-bond acceptors (Lipinski definition) is 3. The topological polar surface area (TPSA) is 62.7 Å². The molecule has 30 heavy (non-hydrogen) atoms. The molecule has 170 valence electrons. The average Bonchev–Trinajstić information content (AvgIpc) is 2.70. The van der Waals surface area contributed by atoms with E-state index in [1.807, 2.05) is 6.92 Å².